The Morgan fingerprint density at radius 2 is 2.00 bits per heavy atom. The van der Waals surface area contributed by atoms with Gasteiger partial charge in [0.05, 0.1) is 22.9 Å². The van der Waals surface area contributed by atoms with Crippen molar-refractivity contribution in [2.24, 2.45) is 0 Å². The number of rotatable bonds is 5. The molecule has 20 heavy (non-hydrogen) atoms. The van der Waals surface area contributed by atoms with Crippen LogP contribution in [0.5, 0.6) is 11.5 Å². The van der Waals surface area contributed by atoms with Crippen LogP contribution in [0.2, 0.25) is 0 Å². The number of halogens is 5. The molecule has 114 valence electrons. The van der Waals surface area contributed by atoms with E-state index in [2.05, 4.69) is 26.0 Å². The summed E-state index contributed by atoms with van der Waals surface area (Å²) in [6.07, 6.45) is -6.38. The molecule has 10 heteroatoms. The van der Waals surface area contributed by atoms with Crippen LogP contribution in [0.3, 0.4) is 0 Å². The van der Waals surface area contributed by atoms with Gasteiger partial charge in [-0.05, 0) is 22.0 Å². The molecule has 0 spiro atoms. The summed E-state index contributed by atoms with van der Waals surface area (Å²) < 4.78 is 52.9. The van der Waals surface area contributed by atoms with Crippen LogP contribution in [-0.4, -0.2) is 40.9 Å². The Kier molecular flexibility index (Phi) is 5.42. The molecule has 0 saturated carbocycles. The van der Waals surface area contributed by atoms with E-state index in [0.717, 1.165) is 6.07 Å². The van der Waals surface area contributed by atoms with Crippen molar-refractivity contribution in [3.05, 3.63) is 16.4 Å². The Morgan fingerprint density at radius 3 is 2.50 bits per heavy atom. The highest BCUT2D eigenvalue weighted by Crippen LogP contribution is 2.42. The van der Waals surface area contributed by atoms with Crippen LogP contribution in [0.25, 0.3) is 0 Å². The van der Waals surface area contributed by atoms with Crippen molar-refractivity contribution < 1.29 is 37.6 Å². The van der Waals surface area contributed by atoms with Gasteiger partial charge in [0.2, 0.25) is 5.75 Å². The van der Waals surface area contributed by atoms with Crippen molar-refractivity contribution in [1.29, 1.82) is 0 Å². The van der Waals surface area contributed by atoms with Crippen LogP contribution < -0.4 is 10.1 Å². The third-order valence-electron chi connectivity index (χ3n) is 2.11. The minimum absolute atomic E-state index is 0.270. The van der Waals surface area contributed by atoms with Gasteiger partial charge >= 0.3 is 6.36 Å². The number of phenolic OH excluding ortho intramolecular Hbond substituents is 1. The molecule has 0 heterocycles. The lowest BCUT2D eigenvalue weighted by molar-refractivity contribution is -0.276. The zero-order valence-corrected chi connectivity index (χ0v) is 11.3. The second kappa shape index (κ2) is 6.46. The molecule has 5 nitrogen and oxygen atoms in total. The number of hydrogen-bond acceptors (Lipinski definition) is 5. The standard InChI is InChI=1S/C10H10BrF4NO4/c11-5-1-6(16-2-4(18)3-17)8(19)9(7(5)12)20-10(13,14)15/h1,4,16-19H,2-3H2. The number of hydrogen-bond donors (Lipinski definition) is 4. The van der Waals surface area contributed by atoms with Crippen molar-refractivity contribution >= 4 is 21.6 Å². The van der Waals surface area contributed by atoms with Crippen LogP contribution in [0.4, 0.5) is 23.2 Å². The molecule has 0 saturated heterocycles. The molecule has 0 aliphatic carbocycles. The van der Waals surface area contributed by atoms with E-state index in [1.807, 2.05) is 0 Å². The minimum atomic E-state index is -5.18. The Morgan fingerprint density at radius 1 is 1.40 bits per heavy atom. The summed E-state index contributed by atoms with van der Waals surface area (Å²) in [5.74, 6) is -3.92. The maximum absolute atomic E-state index is 13.5. The lowest BCUT2D eigenvalue weighted by atomic mass is 10.2. The van der Waals surface area contributed by atoms with E-state index in [0.29, 0.717) is 0 Å². The van der Waals surface area contributed by atoms with Gasteiger partial charge in [0, 0.05) is 6.54 Å². The molecule has 0 fully saturated rings. The first-order valence-electron chi connectivity index (χ1n) is 5.15. The average molecular weight is 364 g/mol. The molecule has 0 aliphatic rings. The predicted octanol–water partition coefficient (Wildman–Crippen LogP) is 1.96. The number of alkyl halides is 3. The second-order valence-electron chi connectivity index (χ2n) is 3.66. The molecule has 0 aliphatic heterocycles. The highest BCUT2D eigenvalue weighted by molar-refractivity contribution is 9.10. The summed E-state index contributed by atoms with van der Waals surface area (Å²) in [5.41, 5.74) is -0.301. The summed E-state index contributed by atoms with van der Waals surface area (Å²) in [6, 6.07) is 0.970. The number of aliphatic hydroxyl groups is 2. The van der Waals surface area contributed by atoms with Crippen molar-refractivity contribution in [2.75, 3.05) is 18.5 Å². The van der Waals surface area contributed by atoms with Crippen molar-refractivity contribution in [3.8, 4) is 11.5 Å². The van der Waals surface area contributed by atoms with Gasteiger partial charge < -0.3 is 25.4 Å². The van der Waals surface area contributed by atoms with Gasteiger partial charge in [0.25, 0.3) is 0 Å². The highest BCUT2D eigenvalue weighted by atomic mass is 79.9. The number of phenols is 1. The van der Waals surface area contributed by atoms with E-state index in [4.69, 9.17) is 10.2 Å². The fourth-order valence-corrected chi connectivity index (χ4v) is 1.64. The zero-order valence-electron chi connectivity index (χ0n) is 9.71. The van der Waals surface area contributed by atoms with E-state index >= 15 is 0 Å². The third-order valence-corrected chi connectivity index (χ3v) is 2.68. The van der Waals surface area contributed by atoms with Gasteiger partial charge in [-0.25, -0.2) is 4.39 Å². The number of ether oxygens (including phenoxy) is 1. The summed E-state index contributed by atoms with van der Waals surface area (Å²) in [5, 5.41) is 29.6. The highest BCUT2D eigenvalue weighted by Gasteiger charge is 2.35. The normalized spacial score (nSPS) is 13.2. The van der Waals surface area contributed by atoms with Crippen LogP contribution in [-0.2, 0) is 0 Å². The van der Waals surface area contributed by atoms with Crippen LogP contribution in [0.1, 0.15) is 0 Å². The molecule has 1 unspecified atom stereocenters. The number of nitrogens with one attached hydrogen (secondary N) is 1. The number of anilines is 1. The first-order chi connectivity index (χ1) is 9.15. The van der Waals surface area contributed by atoms with Gasteiger partial charge in [0.1, 0.15) is 0 Å². The van der Waals surface area contributed by atoms with Crippen LogP contribution in [0, 0.1) is 5.82 Å². The molecular formula is C10H10BrF4NO4. The van der Waals surface area contributed by atoms with E-state index in [9.17, 15) is 22.7 Å². The van der Waals surface area contributed by atoms with Crippen LogP contribution >= 0.6 is 15.9 Å². The molecule has 0 aromatic heterocycles. The fraction of sp³-hybridized carbons (Fsp3) is 0.400. The van der Waals surface area contributed by atoms with Crippen molar-refractivity contribution in [1.82, 2.24) is 0 Å². The summed E-state index contributed by atoms with van der Waals surface area (Å²) >= 11 is 2.68. The largest absolute Gasteiger partial charge is 0.573 e. The second-order valence-corrected chi connectivity index (χ2v) is 4.52. The Labute approximate surface area is 118 Å². The third kappa shape index (κ3) is 4.39. The zero-order chi connectivity index (χ0) is 15.5. The Bertz CT molecular complexity index is 483. The van der Waals surface area contributed by atoms with Gasteiger partial charge in [-0.1, -0.05) is 0 Å². The van der Waals surface area contributed by atoms with Crippen molar-refractivity contribution in [3.63, 3.8) is 0 Å². The SMILES string of the molecule is OCC(O)CNc1cc(Br)c(F)c(OC(F)(F)F)c1O. The van der Waals surface area contributed by atoms with E-state index < -0.39 is 36.4 Å². The van der Waals surface area contributed by atoms with E-state index in [1.165, 1.54) is 0 Å². The Hall–Kier alpha value is -1.26. The van der Waals surface area contributed by atoms with Gasteiger partial charge in [-0.15, -0.1) is 13.2 Å². The van der Waals surface area contributed by atoms with Gasteiger partial charge in [-0.3, -0.25) is 0 Å². The molecule has 1 aromatic carbocycles. The van der Waals surface area contributed by atoms with Crippen molar-refractivity contribution in [2.45, 2.75) is 12.5 Å². The molecule has 0 radical (unpaired) electrons. The monoisotopic (exact) mass is 363 g/mol. The molecule has 1 atom stereocenters. The molecule has 1 aromatic rings. The molecule has 1 rings (SSSR count). The summed E-state index contributed by atoms with van der Waals surface area (Å²) in [6.45, 7) is -0.865. The molecule has 0 bridgehead atoms. The van der Waals surface area contributed by atoms with E-state index in [1.54, 1.807) is 0 Å². The maximum atomic E-state index is 13.5. The van der Waals surface area contributed by atoms with Gasteiger partial charge in [-0.2, -0.15) is 0 Å². The van der Waals surface area contributed by atoms with Crippen LogP contribution in [0.15, 0.2) is 10.5 Å². The van der Waals surface area contributed by atoms with Gasteiger partial charge in [0.15, 0.2) is 11.6 Å². The first kappa shape index (κ1) is 16.8. The average Bonchev–Trinajstić information content (AvgIpc) is 2.35. The fourth-order valence-electron chi connectivity index (χ4n) is 1.23. The lowest BCUT2D eigenvalue weighted by Crippen LogP contribution is -2.23. The van der Waals surface area contributed by atoms with E-state index in [-0.39, 0.29) is 16.7 Å². The number of aromatic hydroxyl groups is 1. The molecular weight excluding hydrogens is 354 g/mol. The lowest BCUT2D eigenvalue weighted by Gasteiger charge is -2.16. The number of aliphatic hydroxyl groups excluding tert-OH is 2. The molecule has 4 N–H and O–H groups in total. The summed E-state index contributed by atoms with van der Waals surface area (Å²) in [7, 11) is 0. The maximum Gasteiger partial charge on any atom is 0.573 e. The molecule has 0 amide bonds. The topological polar surface area (TPSA) is 82.0 Å². The summed E-state index contributed by atoms with van der Waals surface area (Å²) in [4.78, 5) is 0. The first-order valence-corrected chi connectivity index (χ1v) is 5.94. The quantitative estimate of drug-likeness (QED) is 0.475. The minimum Gasteiger partial charge on any atom is -0.503 e. The Balaban J connectivity index is 3.08. The number of benzene rings is 1. The smallest absolute Gasteiger partial charge is 0.503 e. The predicted molar refractivity (Wildman–Crippen MR) is 64.0 cm³/mol.